The highest BCUT2D eigenvalue weighted by atomic mass is 79.9. The van der Waals surface area contributed by atoms with Crippen molar-refractivity contribution in [1.29, 1.82) is 0 Å². The number of rotatable bonds is 2. The van der Waals surface area contributed by atoms with Crippen LogP contribution in [-0.4, -0.2) is 14.6 Å². The molecule has 0 aliphatic carbocycles. The van der Waals surface area contributed by atoms with Crippen molar-refractivity contribution in [2.75, 3.05) is 0 Å². The zero-order valence-electron chi connectivity index (χ0n) is 9.97. The molecule has 3 nitrogen and oxygen atoms in total. The second kappa shape index (κ2) is 4.53. The molecule has 2 heterocycles. The SMILES string of the molecule is Cc1ccc(Cc2nnc3c(Br)cccn23)cc1. The van der Waals surface area contributed by atoms with Gasteiger partial charge >= 0.3 is 0 Å². The van der Waals surface area contributed by atoms with E-state index in [4.69, 9.17) is 0 Å². The van der Waals surface area contributed by atoms with E-state index in [0.717, 1.165) is 22.4 Å². The monoisotopic (exact) mass is 301 g/mol. The maximum absolute atomic E-state index is 4.26. The summed E-state index contributed by atoms with van der Waals surface area (Å²) in [6.07, 6.45) is 2.78. The molecule has 0 saturated carbocycles. The van der Waals surface area contributed by atoms with Crippen LogP contribution in [0, 0.1) is 6.92 Å². The van der Waals surface area contributed by atoms with E-state index in [1.807, 2.05) is 22.7 Å². The molecule has 0 saturated heterocycles. The summed E-state index contributed by atoms with van der Waals surface area (Å²) in [6, 6.07) is 12.5. The van der Waals surface area contributed by atoms with E-state index in [9.17, 15) is 0 Å². The molecule has 0 N–H and O–H groups in total. The highest BCUT2D eigenvalue weighted by Gasteiger charge is 2.08. The average molecular weight is 302 g/mol. The van der Waals surface area contributed by atoms with Gasteiger partial charge in [0.2, 0.25) is 0 Å². The van der Waals surface area contributed by atoms with E-state index < -0.39 is 0 Å². The number of nitrogens with zero attached hydrogens (tertiary/aromatic N) is 3. The Hall–Kier alpha value is -1.68. The lowest BCUT2D eigenvalue weighted by atomic mass is 10.1. The Bertz CT molecular complexity index is 686. The summed E-state index contributed by atoms with van der Waals surface area (Å²) in [7, 11) is 0. The fourth-order valence-electron chi connectivity index (χ4n) is 1.94. The third-order valence-corrected chi connectivity index (χ3v) is 3.56. The Morgan fingerprint density at radius 3 is 2.67 bits per heavy atom. The number of benzene rings is 1. The van der Waals surface area contributed by atoms with Gasteiger partial charge in [-0.3, -0.25) is 4.40 Å². The van der Waals surface area contributed by atoms with Crippen LogP contribution in [-0.2, 0) is 6.42 Å². The van der Waals surface area contributed by atoms with Crippen molar-refractivity contribution in [2.24, 2.45) is 0 Å². The highest BCUT2D eigenvalue weighted by Crippen LogP contribution is 2.17. The van der Waals surface area contributed by atoms with Gasteiger partial charge in [-0.05, 0) is 40.5 Å². The third-order valence-electron chi connectivity index (χ3n) is 2.94. The summed E-state index contributed by atoms with van der Waals surface area (Å²) in [5, 5.41) is 8.45. The molecule has 0 spiro atoms. The second-order valence-electron chi connectivity index (χ2n) is 4.33. The molecule has 0 aliphatic heterocycles. The molecule has 4 heteroatoms. The van der Waals surface area contributed by atoms with Gasteiger partial charge in [0, 0.05) is 12.6 Å². The Morgan fingerprint density at radius 2 is 1.89 bits per heavy atom. The molecule has 0 radical (unpaired) electrons. The standard InChI is InChI=1S/C14H12BrN3/c1-10-4-6-11(7-5-10)9-13-16-17-14-12(15)3-2-8-18(13)14/h2-8H,9H2,1H3. The Morgan fingerprint density at radius 1 is 1.11 bits per heavy atom. The maximum atomic E-state index is 4.26. The van der Waals surface area contributed by atoms with E-state index in [1.54, 1.807) is 0 Å². The van der Waals surface area contributed by atoms with Gasteiger partial charge in [0.25, 0.3) is 0 Å². The van der Waals surface area contributed by atoms with Crippen molar-refractivity contribution in [3.63, 3.8) is 0 Å². The Balaban J connectivity index is 2.00. The van der Waals surface area contributed by atoms with E-state index in [0.29, 0.717) is 0 Å². The van der Waals surface area contributed by atoms with Crippen LogP contribution < -0.4 is 0 Å². The number of hydrogen-bond acceptors (Lipinski definition) is 2. The molecule has 0 aliphatic rings. The fourth-order valence-corrected chi connectivity index (χ4v) is 2.36. The molecule has 1 aromatic carbocycles. The molecule has 0 fully saturated rings. The first-order valence-corrected chi connectivity index (χ1v) is 6.57. The third kappa shape index (κ3) is 2.04. The van der Waals surface area contributed by atoms with Gasteiger partial charge in [-0.2, -0.15) is 0 Å². The van der Waals surface area contributed by atoms with Gasteiger partial charge < -0.3 is 0 Å². The normalized spacial score (nSPS) is 11.0. The van der Waals surface area contributed by atoms with Crippen LogP contribution in [0.25, 0.3) is 5.65 Å². The quantitative estimate of drug-likeness (QED) is 0.726. The van der Waals surface area contributed by atoms with Crippen LogP contribution in [0.15, 0.2) is 47.1 Å². The number of halogens is 1. The van der Waals surface area contributed by atoms with Crippen LogP contribution in [0.3, 0.4) is 0 Å². The molecule has 3 rings (SSSR count). The number of aryl methyl sites for hydroxylation is 1. The van der Waals surface area contributed by atoms with Gasteiger partial charge in [0.15, 0.2) is 5.65 Å². The van der Waals surface area contributed by atoms with Gasteiger partial charge in [-0.25, -0.2) is 0 Å². The van der Waals surface area contributed by atoms with E-state index >= 15 is 0 Å². The summed E-state index contributed by atoms with van der Waals surface area (Å²) in [5.41, 5.74) is 3.38. The summed E-state index contributed by atoms with van der Waals surface area (Å²) in [5.74, 6) is 0.954. The Labute approximate surface area is 114 Å². The zero-order valence-corrected chi connectivity index (χ0v) is 11.6. The summed E-state index contributed by atoms with van der Waals surface area (Å²) in [6.45, 7) is 2.09. The minimum absolute atomic E-state index is 0.790. The Kier molecular flexibility index (Phi) is 2.88. The molecule has 2 aromatic heterocycles. The van der Waals surface area contributed by atoms with E-state index in [2.05, 4.69) is 57.3 Å². The van der Waals surface area contributed by atoms with Crippen LogP contribution in [0.5, 0.6) is 0 Å². The van der Waals surface area contributed by atoms with E-state index in [-0.39, 0.29) is 0 Å². The largest absolute Gasteiger partial charge is 0.285 e. The molecule has 0 unspecified atom stereocenters. The maximum Gasteiger partial charge on any atom is 0.175 e. The molecule has 3 aromatic rings. The van der Waals surface area contributed by atoms with E-state index in [1.165, 1.54) is 11.1 Å². The lowest BCUT2D eigenvalue weighted by molar-refractivity contribution is 0.934. The minimum Gasteiger partial charge on any atom is -0.285 e. The summed E-state index contributed by atoms with van der Waals surface area (Å²) in [4.78, 5) is 0. The van der Waals surface area contributed by atoms with Crippen molar-refractivity contribution < 1.29 is 0 Å². The first-order chi connectivity index (χ1) is 8.74. The van der Waals surface area contributed by atoms with Crippen LogP contribution in [0.1, 0.15) is 17.0 Å². The smallest absolute Gasteiger partial charge is 0.175 e. The topological polar surface area (TPSA) is 30.2 Å². The minimum atomic E-state index is 0.790. The number of fused-ring (bicyclic) bond motifs is 1. The lowest BCUT2D eigenvalue weighted by Crippen LogP contribution is -1.96. The highest BCUT2D eigenvalue weighted by molar-refractivity contribution is 9.10. The number of pyridine rings is 1. The number of aromatic nitrogens is 3. The van der Waals surface area contributed by atoms with Gasteiger partial charge in [-0.15, -0.1) is 10.2 Å². The molecule has 0 atom stereocenters. The molecule has 90 valence electrons. The van der Waals surface area contributed by atoms with Crippen molar-refractivity contribution in [3.05, 3.63) is 64.0 Å². The van der Waals surface area contributed by atoms with Crippen molar-refractivity contribution >= 4 is 21.6 Å². The summed E-state index contributed by atoms with van der Waals surface area (Å²) < 4.78 is 2.98. The van der Waals surface area contributed by atoms with Crippen LogP contribution >= 0.6 is 15.9 Å². The van der Waals surface area contributed by atoms with Gasteiger partial charge in [0.05, 0.1) is 4.47 Å². The molecular formula is C14H12BrN3. The second-order valence-corrected chi connectivity index (χ2v) is 5.18. The lowest BCUT2D eigenvalue weighted by Gasteiger charge is -2.01. The van der Waals surface area contributed by atoms with Gasteiger partial charge in [-0.1, -0.05) is 29.8 Å². The van der Waals surface area contributed by atoms with Crippen molar-refractivity contribution in [2.45, 2.75) is 13.3 Å². The summed E-state index contributed by atoms with van der Waals surface area (Å²) >= 11 is 3.48. The van der Waals surface area contributed by atoms with Gasteiger partial charge in [0.1, 0.15) is 5.82 Å². The number of hydrogen-bond donors (Lipinski definition) is 0. The predicted molar refractivity (Wildman–Crippen MR) is 74.7 cm³/mol. The predicted octanol–water partition coefficient (Wildman–Crippen LogP) is 3.39. The first-order valence-electron chi connectivity index (χ1n) is 5.78. The van der Waals surface area contributed by atoms with Crippen LogP contribution in [0.4, 0.5) is 0 Å². The fraction of sp³-hybridized carbons (Fsp3) is 0.143. The average Bonchev–Trinajstić information content (AvgIpc) is 2.77. The zero-order chi connectivity index (χ0) is 12.5. The molecular weight excluding hydrogens is 290 g/mol. The van der Waals surface area contributed by atoms with Crippen LogP contribution in [0.2, 0.25) is 0 Å². The first kappa shape index (κ1) is 11.4. The molecule has 0 amide bonds. The molecule has 18 heavy (non-hydrogen) atoms. The van der Waals surface area contributed by atoms with Crippen molar-refractivity contribution in [3.8, 4) is 0 Å². The molecule has 0 bridgehead atoms. The van der Waals surface area contributed by atoms with Crippen molar-refractivity contribution in [1.82, 2.24) is 14.6 Å².